The largest absolute Gasteiger partial charge is 0.379 e. The second kappa shape index (κ2) is 9.89. The highest BCUT2D eigenvalue weighted by molar-refractivity contribution is 9.10. The van der Waals surface area contributed by atoms with Crippen molar-refractivity contribution in [2.24, 2.45) is 0 Å². The Hall–Kier alpha value is -1.67. The molecule has 29 heavy (non-hydrogen) atoms. The fraction of sp³-hybridized carbons (Fsp3) is 0.364. The number of rotatable bonds is 7. The molecule has 1 aliphatic rings. The van der Waals surface area contributed by atoms with Crippen molar-refractivity contribution in [1.29, 1.82) is 0 Å². The summed E-state index contributed by atoms with van der Waals surface area (Å²) in [6, 6.07) is 15.8. The van der Waals surface area contributed by atoms with Crippen LogP contribution in [0, 0.1) is 0 Å². The van der Waals surface area contributed by atoms with Gasteiger partial charge in [-0.15, -0.1) is 0 Å². The minimum Gasteiger partial charge on any atom is -0.379 e. The van der Waals surface area contributed by atoms with Crippen molar-refractivity contribution < 1.29 is 4.74 Å². The van der Waals surface area contributed by atoms with Crippen molar-refractivity contribution >= 4 is 38.6 Å². The number of halogens is 1. The summed E-state index contributed by atoms with van der Waals surface area (Å²) in [5.74, 6) is 0.760. The van der Waals surface area contributed by atoms with Gasteiger partial charge in [-0.25, -0.2) is 4.98 Å². The number of nitrogens with zero attached hydrogens (tertiary/aromatic N) is 3. The van der Waals surface area contributed by atoms with Crippen LogP contribution in [0.4, 0.5) is 0 Å². The van der Waals surface area contributed by atoms with E-state index < -0.39 is 0 Å². The lowest BCUT2D eigenvalue weighted by molar-refractivity contribution is 0.0368. The number of ether oxygens (including phenoxy) is 1. The maximum absolute atomic E-state index is 13.2. The molecule has 3 aromatic rings. The molecule has 0 atom stereocenters. The van der Waals surface area contributed by atoms with Crippen molar-refractivity contribution in [3.8, 4) is 0 Å². The molecular formula is C22H24BrN3O2S. The molecule has 0 N–H and O–H groups in total. The fourth-order valence-corrected chi connectivity index (χ4v) is 5.13. The molecule has 0 amide bonds. The number of hydrogen-bond acceptors (Lipinski definition) is 5. The summed E-state index contributed by atoms with van der Waals surface area (Å²) >= 11 is 5.23. The van der Waals surface area contributed by atoms with E-state index in [0.29, 0.717) is 11.9 Å². The molecule has 1 saturated heterocycles. The predicted molar refractivity (Wildman–Crippen MR) is 122 cm³/mol. The zero-order valence-electron chi connectivity index (χ0n) is 16.2. The van der Waals surface area contributed by atoms with Crippen LogP contribution in [0.5, 0.6) is 0 Å². The lowest BCUT2D eigenvalue weighted by Crippen LogP contribution is -2.37. The van der Waals surface area contributed by atoms with E-state index in [-0.39, 0.29) is 5.56 Å². The number of benzene rings is 2. The summed E-state index contributed by atoms with van der Waals surface area (Å²) in [6.45, 7) is 5.17. The SMILES string of the molecule is O=c1c2ccccc2nc(SCc2ccccc2Br)n1CCCN1CCOCC1. The van der Waals surface area contributed by atoms with Gasteiger partial charge in [-0.05, 0) is 30.2 Å². The molecule has 0 radical (unpaired) electrons. The summed E-state index contributed by atoms with van der Waals surface area (Å²) in [4.78, 5) is 20.4. The molecule has 0 spiro atoms. The van der Waals surface area contributed by atoms with Crippen LogP contribution in [0.15, 0.2) is 63.0 Å². The first-order valence-corrected chi connectivity index (χ1v) is 11.7. The second-order valence-corrected chi connectivity index (χ2v) is 8.85. The molecule has 7 heteroatoms. The monoisotopic (exact) mass is 473 g/mol. The molecule has 5 nitrogen and oxygen atoms in total. The minimum absolute atomic E-state index is 0.0483. The molecule has 2 heterocycles. The average Bonchev–Trinajstić information content (AvgIpc) is 2.76. The molecule has 0 aliphatic carbocycles. The van der Waals surface area contributed by atoms with E-state index in [1.165, 1.54) is 5.56 Å². The third-order valence-corrected chi connectivity index (χ3v) is 6.90. The first kappa shape index (κ1) is 20.6. The predicted octanol–water partition coefficient (Wildman–Crippen LogP) is 4.17. The molecular weight excluding hydrogens is 450 g/mol. The lowest BCUT2D eigenvalue weighted by atomic mass is 10.2. The molecule has 2 aromatic carbocycles. The van der Waals surface area contributed by atoms with Gasteiger partial charge in [0.25, 0.3) is 5.56 Å². The van der Waals surface area contributed by atoms with Crippen LogP contribution < -0.4 is 5.56 Å². The van der Waals surface area contributed by atoms with Crippen LogP contribution in [0.1, 0.15) is 12.0 Å². The van der Waals surface area contributed by atoms with Crippen molar-refractivity contribution in [3.63, 3.8) is 0 Å². The van der Waals surface area contributed by atoms with Crippen LogP contribution in [-0.2, 0) is 17.0 Å². The Bertz CT molecular complexity index is 1030. The van der Waals surface area contributed by atoms with Gasteiger partial charge in [0.1, 0.15) is 0 Å². The van der Waals surface area contributed by atoms with Gasteiger partial charge in [0.2, 0.25) is 0 Å². The van der Waals surface area contributed by atoms with E-state index in [2.05, 4.69) is 26.9 Å². The van der Waals surface area contributed by atoms with Crippen LogP contribution in [0.25, 0.3) is 10.9 Å². The third kappa shape index (κ3) is 5.09. The molecule has 0 bridgehead atoms. The first-order valence-electron chi connectivity index (χ1n) is 9.88. The Morgan fingerprint density at radius 2 is 1.79 bits per heavy atom. The van der Waals surface area contributed by atoms with E-state index >= 15 is 0 Å². The maximum Gasteiger partial charge on any atom is 0.262 e. The van der Waals surface area contributed by atoms with Crippen LogP contribution in [0.3, 0.4) is 0 Å². The number of para-hydroxylation sites is 1. The maximum atomic E-state index is 13.2. The summed E-state index contributed by atoms with van der Waals surface area (Å²) in [6.07, 6.45) is 0.919. The van der Waals surface area contributed by atoms with Crippen LogP contribution >= 0.6 is 27.7 Å². The zero-order valence-corrected chi connectivity index (χ0v) is 18.6. The van der Waals surface area contributed by atoms with Gasteiger partial charge < -0.3 is 4.74 Å². The Kier molecular flexibility index (Phi) is 7.02. The van der Waals surface area contributed by atoms with Gasteiger partial charge >= 0.3 is 0 Å². The van der Waals surface area contributed by atoms with E-state index in [4.69, 9.17) is 9.72 Å². The fourth-order valence-electron chi connectivity index (χ4n) is 3.49. The number of thioether (sulfide) groups is 1. The highest BCUT2D eigenvalue weighted by atomic mass is 79.9. The first-order chi connectivity index (χ1) is 14.2. The Morgan fingerprint density at radius 1 is 1.03 bits per heavy atom. The molecule has 0 saturated carbocycles. The van der Waals surface area contributed by atoms with Gasteiger partial charge in [0.15, 0.2) is 5.16 Å². The quantitative estimate of drug-likeness (QED) is 0.380. The highest BCUT2D eigenvalue weighted by Gasteiger charge is 2.14. The molecule has 1 fully saturated rings. The Morgan fingerprint density at radius 3 is 2.62 bits per heavy atom. The lowest BCUT2D eigenvalue weighted by Gasteiger charge is -2.26. The number of morpholine rings is 1. The summed E-state index contributed by atoms with van der Waals surface area (Å²) in [5.41, 5.74) is 2.00. The second-order valence-electron chi connectivity index (χ2n) is 7.06. The highest BCUT2D eigenvalue weighted by Crippen LogP contribution is 2.26. The van der Waals surface area contributed by atoms with Gasteiger partial charge in [-0.2, -0.15) is 0 Å². The average molecular weight is 474 g/mol. The van der Waals surface area contributed by atoms with Crippen LogP contribution in [-0.4, -0.2) is 47.3 Å². The van der Waals surface area contributed by atoms with Gasteiger partial charge in [0.05, 0.1) is 24.1 Å². The smallest absolute Gasteiger partial charge is 0.262 e. The van der Waals surface area contributed by atoms with Gasteiger partial charge in [0, 0.05) is 36.4 Å². The third-order valence-electron chi connectivity index (χ3n) is 5.10. The minimum atomic E-state index is 0.0483. The van der Waals surface area contributed by atoms with Crippen molar-refractivity contribution in [2.75, 3.05) is 32.8 Å². The summed E-state index contributed by atoms with van der Waals surface area (Å²) in [7, 11) is 0. The molecule has 152 valence electrons. The standard InChI is InChI=1S/C22H24BrN3O2S/c23-19-8-3-1-6-17(19)16-29-22-24-20-9-4-2-7-18(20)21(27)26(22)11-5-10-25-12-14-28-15-13-25/h1-4,6-9H,5,10-16H2. The molecule has 1 aromatic heterocycles. The summed E-state index contributed by atoms with van der Waals surface area (Å²) in [5, 5.41) is 1.47. The van der Waals surface area contributed by atoms with E-state index in [1.54, 1.807) is 11.8 Å². The Labute approximate surface area is 183 Å². The van der Waals surface area contributed by atoms with Crippen molar-refractivity contribution in [2.45, 2.75) is 23.9 Å². The van der Waals surface area contributed by atoms with Crippen molar-refractivity contribution in [3.05, 3.63) is 68.9 Å². The normalized spacial score (nSPS) is 15.1. The molecule has 0 unspecified atom stereocenters. The van der Waals surface area contributed by atoms with E-state index in [0.717, 1.165) is 60.2 Å². The van der Waals surface area contributed by atoms with E-state index in [1.807, 2.05) is 47.0 Å². The zero-order chi connectivity index (χ0) is 20.1. The molecule has 4 rings (SSSR count). The number of aromatic nitrogens is 2. The van der Waals surface area contributed by atoms with Crippen LogP contribution in [0.2, 0.25) is 0 Å². The topological polar surface area (TPSA) is 47.4 Å². The summed E-state index contributed by atoms with van der Waals surface area (Å²) < 4.78 is 8.35. The number of fused-ring (bicyclic) bond motifs is 1. The Balaban J connectivity index is 1.56. The van der Waals surface area contributed by atoms with E-state index in [9.17, 15) is 4.79 Å². The van der Waals surface area contributed by atoms with Crippen molar-refractivity contribution in [1.82, 2.24) is 14.5 Å². The van der Waals surface area contributed by atoms with Gasteiger partial charge in [-0.3, -0.25) is 14.3 Å². The van der Waals surface area contributed by atoms with Gasteiger partial charge in [-0.1, -0.05) is 58.0 Å². The number of hydrogen-bond donors (Lipinski definition) is 0. The molecule has 1 aliphatic heterocycles.